The molecule has 10 heteroatoms. The topological polar surface area (TPSA) is 86.8 Å². The number of sulfonamides is 1. The second-order valence-electron chi connectivity index (χ2n) is 8.66. The molecule has 186 valence electrons. The smallest absolute Gasteiger partial charge is 0.244 e. The fourth-order valence-corrected chi connectivity index (χ4v) is 4.77. The molecular weight excluding hydrogens is 497 g/mol. The summed E-state index contributed by atoms with van der Waals surface area (Å²) in [7, 11) is -3.80. The Morgan fingerprint density at radius 2 is 1.68 bits per heavy atom. The number of carbonyl (C=O) groups excluding carboxylic acids is 2. The van der Waals surface area contributed by atoms with Gasteiger partial charge in [-0.05, 0) is 69.5 Å². The van der Waals surface area contributed by atoms with Crippen molar-refractivity contribution in [2.24, 2.45) is 0 Å². The lowest BCUT2D eigenvalue weighted by Gasteiger charge is -2.32. The van der Waals surface area contributed by atoms with Crippen molar-refractivity contribution in [1.29, 1.82) is 0 Å². The molecule has 7 nitrogen and oxygen atoms in total. The molecule has 0 aliphatic rings. The molecule has 0 spiro atoms. The minimum absolute atomic E-state index is 0.00587. The van der Waals surface area contributed by atoms with Gasteiger partial charge in [0.15, 0.2) is 0 Å². The van der Waals surface area contributed by atoms with Gasteiger partial charge < -0.3 is 10.2 Å². The first-order valence-corrected chi connectivity index (χ1v) is 13.4. The first kappa shape index (κ1) is 28.0. The summed E-state index contributed by atoms with van der Waals surface area (Å²) in [5.41, 5.74) is 2.57. The maximum Gasteiger partial charge on any atom is 0.244 e. The number of nitrogens with one attached hydrogen (secondary N) is 1. The molecule has 0 aliphatic heterocycles. The van der Waals surface area contributed by atoms with Crippen molar-refractivity contribution in [1.82, 2.24) is 10.2 Å². The highest BCUT2D eigenvalue weighted by Crippen LogP contribution is 2.26. The third-order valence-corrected chi connectivity index (χ3v) is 6.98. The summed E-state index contributed by atoms with van der Waals surface area (Å²) in [6.07, 6.45) is 1.05. The van der Waals surface area contributed by atoms with Crippen molar-refractivity contribution in [3.05, 3.63) is 63.1 Å². The molecule has 0 heterocycles. The van der Waals surface area contributed by atoms with Crippen LogP contribution >= 0.6 is 23.2 Å². The van der Waals surface area contributed by atoms with Crippen LogP contribution in [0, 0.1) is 13.8 Å². The Morgan fingerprint density at radius 3 is 2.24 bits per heavy atom. The zero-order valence-electron chi connectivity index (χ0n) is 20.2. The lowest BCUT2D eigenvalue weighted by atomic mass is 10.1. The number of halogens is 2. The molecule has 0 saturated carbocycles. The normalized spacial score (nSPS) is 12.4. The molecule has 34 heavy (non-hydrogen) atoms. The van der Waals surface area contributed by atoms with E-state index in [0.29, 0.717) is 26.9 Å². The predicted octanol–water partition coefficient (Wildman–Crippen LogP) is 4.32. The zero-order chi connectivity index (χ0) is 25.8. The van der Waals surface area contributed by atoms with Gasteiger partial charge in [-0.25, -0.2) is 8.42 Å². The lowest BCUT2D eigenvalue weighted by molar-refractivity contribution is -0.139. The van der Waals surface area contributed by atoms with E-state index in [4.69, 9.17) is 23.2 Å². The SMILES string of the molecule is Cc1ccc(C)c(N(CC(=O)N(Cc2ccc(Cl)cc2Cl)[C@@H](C)C(=O)NC(C)C)S(C)(=O)=O)c1. The van der Waals surface area contributed by atoms with Gasteiger partial charge in [0.05, 0.1) is 11.9 Å². The zero-order valence-corrected chi connectivity index (χ0v) is 22.6. The van der Waals surface area contributed by atoms with Gasteiger partial charge in [-0.15, -0.1) is 0 Å². The van der Waals surface area contributed by atoms with Crippen LogP contribution in [0.2, 0.25) is 10.0 Å². The number of aryl methyl sites for hydroxylation is 2. The molecular formula is C24H31Cl2N3O4S. The largest absolute Gasteiger partial charge is 0.352 e. The Hall–Kier alpha value is -2.29. The average Bonchev–Trinajstić information content (AvgIpc) is 2.71. The van der Waals surface area contributed by atoms with Crippen LogP contribution in [0.5, 0.6) is 0 Å². The van der Waals surface area contributed by atoms with E-state index in [0.717, 1.165) is 16.1 Å². The van der Waals surface area contributed by atoms with Crippen LogP contribution < -0.4 is 9.62 Å². The molecule has 2 rings (SSSR count). The van der Waals surface area contributed by atoms with Crippen molar-refractivity contribution in [3.63, 3.8) is 0 Å². The van der Waals surface area contributed by atoms with E-state index in [1.165, 1.54) is 4.90 Å². The highest BCUT2D eigenvalue weighted by atomic mass is 35.5. The number of amides is 2. The monoisotopic (exact) mass is 527 g/mol. The number of nitrogens with zero attached hydrogens (tertiary/aromatic N) is 2. The van der Waals surface area contributed by atoms with Crippen molar-refractivity contribution in [3.8, 4) is 0 Å². The van der Waals surface area contributed by atoms with Crippen molar-refractivity contribution in [2.75, 3.05) is 17.1 Å². The number of carbonyl (C=O) groups is 2. The highest BCUT2D eigenvalue weighted by molar-refractivity contribution is 7.92. The summed E-state index contributed by atoms with van der Waals surface area (Å²) in [5.74, 6) is -0.894. The maximum absolute atomic E-state index is 13.6. The standard InChI is InChI=1S/C24H31Cl2N3O4S/c1-15(2)27-24(31)18(5)28(13-19-9-10-20(25)12-21(19)26)23(30)14-29(34(6,32)33)22-11-16(3)7-8-17(22)4/h7-12,15,18H,13-14H2,1-6H3,(H,27,31)/t18-/m0/s1. The number of anilines is 1. The number of hydrogen-bond acceptors (Lipinski definition) is 4. The predicted molar refractivity (Wildman–Crippen MR) is 138 cm³/mol. The summed E-state index contributed by atoms with van der Waals surface area (Å²) in [4.78, 5) is 27.7. The summed E-state index contributed by atoms with van der Waals surface area (Å²) in [6, 6.07) is 9.26. The summed E-state index contributed by atoms with van der Waals surface area (Å²) < 4.78 is 26.5. The Bertz CT molecular complexity index is 1170. The quantitative estimate of drug-likeness (QED) is 0.526. The highest BCUT2D eigenvalue weighted by Gasteiger charge is 2.31. The molecule has 0 bridgehead atoms. The fraction of sp³-hybridized carbons (Fsp3) is 0.417. The second kappa shape index (κ2) is 11.4. The van der Waals surface area contributed by atoms with Crippen LogP contribution in [-0.4, -0.2) is 50.0 Å². The van der Waals surface area contributed by atoms with Gasteiger partial charge in [0.2, 0.25) is 21.8 Å². The molecule has 2 aromatic carbocycles. The molecule has 1 N–H and O–H groups in total. The summed E-state index contributed by atoms with van der Waals surface area (Å²) in [6.45, 7) is 8.40. The fourth-order valence-electron chi connectivity index (χ4n) is 3.40. The third-order valence-electron chi connectivity index (χ3n) is 5.27. The molecule has 2 aromatic rings. The van der Waals surface area contributed by atoms with Crippen LogP contribution in [0.1, 0.15) is 37.5 Å². The van der Waals surface area contributed by atoms with Gasteiger partial charge >= 0.3 is 0 Å². The second-order valence-corrected chi connectivity index (χ2v) is 11.4. The summed E-state index contributed by atoms with van der Waals surface area (Å²) >= 11 is 12.3. The van der Waals surface area contributed by atoms with Gasteiger partial charge in [0.1, 0.15) is 12.6 Å². The minimum atomic E-state index is -3.80. The van der Waals surface area contributed by atoms with E-state index in [9.17, 15) is 18.0 Å². The molecule has 0 unspecified atom stereocenters. The van der Waals surface area contributed by atoms with Crippen LogP contribution in [0.25, 0.3) is 0 Å². The van der Waals surface area contributed by atoms with E-state index in [1.807, 2.05) is 26.8 Å². The van der Waals surface area contributed by atoms with E-state index in [-0.39, 0.29) is 18.5 Å². The minimum Gasteiger partial charge on any atom is -0.352 e. The Kier molecular flexibility index (Phi) is 9.39. The molecule has 2 amide bonds. The van der Waals surface area contributed by atoms with E-state index in [1.54, 1.807) is 44.2 Å². The average molecular weight is 529 g/mol. The first-order chi connectivity index (χ1) is 15.7. The molecule has 0 radical (unpaired) electrons. The van der Waals surface area contributed by atoms with Crippen molar-refractivity contribution in [2.45, 2.75) is 53.2 Å². The van der Waals surface area contributed by atoms with Gasteiger partial charge in [-0.2, -0.15) is 0 Å². The van der Waals surface area contributed by atoms with Gasteiger partial charge in [-0.3, -0.25) is 13.9 Å². The van der Waals surface area contributed by atoms with Gasteiger partial charge in [-0.1, -0.05) is 41.4 Å². The van der Waals surface area contributed by atoms with Crippen molar-refractivity contribution < 1.29 is 18.0 Å². The van der Waals surface area contributed by atoms with Crippen LogP contribution in [0.15, 0.2) is 36.4 Å². The van der Waals surface area contributed by atoms with Gasteiger partial charge in [0.25, 0.3) is 0 Å². The third kappa shape index (κ3) is 7.35. The molecule has 0 aromatic heterocycles. The van der Waals surface area contributed by atoms with Gasteiger partial charge in [0, 0.05) is 22.6 Å². The van der Waals surface area contributed by atoms with E-state index >= 15 is 0 Å². The maximum atomic E-state index is 13.6. The van der Waals surface area contributed by atoms with Crippen LogP contribution in [0.4, 0.5) is 5.69 Å². The van der Waals surface area contributed by atoms with Crippen LogP contribution in [-0.2, 0) is 26.2 Å². The van der Waals surface area contributed by atoms with Crippen molar-refractivity contribution >= 4 is 50.7 Å². The molecule has 0 saturated heterocycles. The summed E-state index contributed by atoms with van der Waals surface area (Å²) in [5, 5.41) is 3.58. The first-order valence-electron chi connectivity index (χ1n) is 10.8. The molecule has 0 fully saturated rings. The Labute approximate surface area is 212 Å². The lowest BCUT2D eigenvalue weighted by Crippen LogP contribution is -2.52. The van der Waals surface area contributed by atoms with Crippen LogP contribution in [0.3, 0.4) is 0 Å². The molecule has 0 aliphatic carbocycles. The number of hydrogen-bond donors (Lipinski definition) is 1. The Morgan fingerprint density at radius 1 is 1.03 bits per heavy atom. The molecule has 1 atom stereocenters. The van der Waals surface area contributed by atoms with E-state index < -0.39 is 28.5 Å². The van der Waals surface area contributed by atoms with E-state index in [2.05, 4.69) is 5.32 Å². The Balaban J connectivity index is 2.47. The number of benzene rings is 2. The number of rotatable bonds is 9.